The van der Waals surface area contributed by atoms with E-state index < -0.39 is 11.0 Å². The SMILES string of the molecule is CC1(C(=O)Nc2ncc(-c3cccc4ccccc34)[nH]2)CC2([N+](=O)[O-])c3ccccc3C1c1ccccc12. The van der Waals surface area contributed by atoms with Crippen molar-refractivity contribution < 1.29 is 9.72 Å². The summed E-state index contributed by atoms with van der Waals surface area (Å²) < 4.78 is 0. The predicted octanol–water partition coefficient (Wildman–Crippen LogP) is 6.24. The van der Waals surface area contributed by atoms with Crippen LogP contribution in [0.3, 0.4) is 0 Å². The summed E-state index contributed by atoms with van der Waals surface area (Å²) in [6.45, 7) is 1.84. The van der Waals surface area contributed by atoms with Gasteiger partial charge in [0.15, 0.2) is 0 Å². The minimum Gasteiger partial charge on any atom is -0.324 e. The lowest BCUT2D eigenvalue weighted by atomic mass is 9.49. The summed E-state index contributed by atoms with van der Waals surface area (Å²) in [6.07, 6.45) is 1.77. The second-order valence-electron chi connectivity index (χ2n) is 10.4. The standard InChI is InChI=1S/C31H24N4O3/c1-30(28(36)34-29-32-17-26(33-29)21-14-8-10-19-9-2-3-11-20(19)21)18-31(35(37)38)24-15-6-4-12-22(24)27(30)23-13-5-7-16-25(23)31/h2-17,27H,18H2,1H3,(H2,32,33,34,36). The van der Waals surface area contributed by atoms with Gasteiger partial charge in [-0.25, -0.2) is 4.98 Å². The predicted molar refractivity (Wildman–Crippen MR) is 145 cm³/mol. The van der Waals surface area contributed by atoms with Crippen molar-refractivity contribution in [3.63, 3.8) is 0 Å². The highest BCUT2D eigenvalue weighted by Crippen LogP contribution is 2.63. The van der Waals surface area contributed by atoms with Gasteiger partial charge in [-0.1, -0.05) is 91.0 Å². The van der Waals surface area contributed by atoms with E-state index in [2.05, 4.69) is 33.5 Å². The molecule has 3 aliphatic carbocycles. The van der Waals surface area contributed by atoms with E-state index in [0.29, 0.717) is 17.1 Å². The Morgan fingerprint density at radius 1 is 0.947 bits per heavy atom. The van der Waals surface area contributed by atoms with Gasteiger partial charge in [-0.2, -0.15) is 0 Å². The fraction of sp³-hybridized carbons (Fsp3) is 0.161. The number of nitrogens with one attached hydrogen (secondary N) is 2. The van der Waals surface area contributed by atoms with E-state index in [1.165, 1.54) is 0 Å². The number of rotatable bonds is 4. The molecule has 0 spiro atoms. The van der Waals surface area contributed by atoms with Crippen molar-refractivity contribution in [1.82, 2.24) is 9.97 Å². The number of carbonyl (C=O) groups excluding carboxylic acids is 1. The van der Waals surface area contributed by atoms with E-state index in [0.717, 1.165) is 33.2 Å². The first-order valence-corrected chi connectivity index (χ1v) is 12.6. The largest absolute Gasteiger partial charge is 0.324 e. The smallest absolute Gasteiger partial charge is 0.273 e. The van der Waals surface area contributed by atoms with Gasteiger partial charge in [-0.15, -0.1) is 0 Å². The Morgan fingerprint density at radius 3 is 2.29 bits per heavy atom. The average Bonchev–Trinajstić information content (AvgIpc) is 3.41. The van der Waals surface area contributed by atoms with Gasteiger partial charge < -0.3 is 4.98 Å². The van der Waals surface area contributed by atoms with Crippen LogP contribution in [0.5, 0.6) is 0 Å². The van der Waals surface area contributed by atoms with Crippen molar-refractivity contribution in [3.8, 4) is 11.3 Å². The Kier molecular flexibility index (Phi) is 4.64. The van der Waals surface area contributed by atoms with Crippen LogP contribution >= 0.6 is 0 Å². The number of hydrogen-bond acceptors (Lipinski definition) is 4. The number of anilines is 1. The zero-order valence-electron chi connectivity index (χ0n) is 20.6. The second-order valence-corrected chi connectivity index (χ2v) is 10.4. The molecule has 1 atom stereocenters. The maximum absolute atomic E-state index is 14.0. The molecule has 1 aromatic heterocycles. The molecule has 1 unspecified atom stereocenters. The first kappa shape index (κ1) is 22.4. The minimum absolute atomic E-state index is 0.0639. The van der Waals surface area contributed by atoms with Crippen LogP contribution in [-0.4, -0.2) is 20.8 Å². The summed E-state index contributed by atoms with van der Waals surface area (Å²) in [7, 11) is 0. The van der Waals surface area contributed by atoms with Crippen molar-refractivity contribution in [3.05, 3.63) is 130 Å². The van der Waals surface area contributed by atoms with Crippen LogP contribution in [0.4, 0.5) is 5.95 Å². The molecule has 2 bridgehead atoms. The van der Waals surface area contributed by atoms with Gasteiger partial charge in [0.2, 0.25) is 11.9 Å². The van der Waals surface area contributed by atoms with Gasteiger partial charge in [0.1, 0.15) is 0 Å². The van der Waals surface area contributed by atoms with E-state index in [4.69, 9.17) is 0 Å². The molecule has 38 heavy (non-hydrogen) atoms. The molecule has 4 aromatic carbocycles. The first-order chi connectivity index (χ1) is 18.4. The monoisotopic (exact) mass is 500 g/mol. The Morgan fingerprint density at radius 2 is 1.58 bits per heavy atom. The second kappa shape index (κ2) is 7.86. The van der Waals surface area contributed by atoms with Gasteiger partial charge in [-0.05, 0) is 28.8 Å². The Hall–Kier alpha value is -4.78. The fourth-order valence-corrected chi connectivity index (χ4v) is 6.78. The molecule has 0 aliphatic heterocycles. The number of amides is 1. The fourth-order valence-electron chi connectivity index (χ4n) is 6.78. The molecule has 1 amide bonds. The number of benzene rings is 4. The Bertz CT molecular complexity index is 1720. The molecule has 5 aromatic rings. The molecule has 1 heterocycles. The molecule has 0 fully saturated rings. The van der Waals surface area contributed by atoms with E-state index in [1.54, 1.807) is 6.20 Å². The Labute approximate surface area is 218 Å². The first-order valence-electron chi connectivity index (χ1n) is 12.6. The van der Waals surface area contributed by atoms with Crippen molar-refractivity contribution in [1.29, 1.82) is 0 Å². The van der Waals surface area contributed by atoms with E-state index in [9.17, 15) is 14.9 Å². The summed E-state index contributed by atoms with van der Waals surface area (Å²) in [4.78, 5) is 34.4. The number of nitro groups is 1. The number of fused-ring (bicyclic) bond motifs is 2. The highest BCUT2D eigenvalue weighted by Gasteiger charge is 2.67. The van der Waals surface area contributed by atoms with Gasteiger partial charge >= 0.3 is 0 Å². The highest BCUT2D eigenvalue weighted by molar-refractivity contribution is 5.98. The molecular weight excluding hydrogens is 476 g/mol. The number of carbonyl (C=O) groups is 1. The maximum Gasteiger partial charge on any atom is 0.273 e. The number of H-pyrrole nitrogens is 1. The Balaban J connectivity index is 1.30. The molecule has 0 saturated carbocycles. The molecule has 0 saturated heterocycles. The maximum atomic E-state index is 14.0. The quantitative estimate of drug-likeness (QED) is 0.225. The number of imidazole rings is 1. The molecule has 0 radical (unpaired) electrons. The van der Waals surface area contributed by atoms with Crippen LogP contribution in [0.1, 0.15) is 41.5 Å². The third kappa shape index (κ3) is 2.90. The van der Waals surface area contributed by atoms with Crippen molar-refractivity contribution in [2.75, 3.05) is 5.32 Å². The van der Waals surface area contributed by atoms with Gasteiger partial charge in [0.05, 0.1) is 17.3 Å². The molecule has 7 nitrogen and oxygen atoms in total. The third-order valence-electron chi connectivity index (χ3n) is 8.41. The molecule has 2 N–H and O–H groups in total. The van der Waals surface area contributed by atoms with Crippen molar-refractivity contribution >= 4 is 22.6 Å². The van der Waals surface area contributed by atoms with E-state index in [-0.39, 0.29) is 23.2 Å². The lowest BCUT2D eigenvalue weighted by molar-refractivity contribution is -0.573. The zero-order chi connectivity index (χ0) is 26.1. The van der Waals surface area contributed by atoms with Crippen LogP contribution in [0.25, 0.3) is 22.0 Å². The van der Waals surface area contributed by atoms with Crippen LogP contribution < -0.4 is 5.32 Å². The summed E-state index contributed by atoms with van der Waals surface area (Å²) in [5.74, 6) is -0.293. The highest BCUT2D eigenvalue weighted by atomic mass is 16.6. The van der Waals surface area contributed by atoms with Crippen LogP contribution in [0.15, 0.2) is 97.2 Å². The third-order valence-corrected chi connectivity index (χ3v) is 8.41. The van der Waals surface area contributed by atoms with Crippen molar-refractivity contribution in [2.45, 2.75) is 24.8 Å². The minimum atomic E-state index is -1.49. The molecule has 8 rings (SSSR count). The number of aromatic amines is 1. The lowest BCUT2D eigenvalue weighted by Gasteiger charge is -2.52. The van der Waals surface area contributed by atoms with Gasteiger partial charge in [-0.3, -0.25) is 20.2 Å². The zero-order valence-corrected chi connectivity index (χ0v) is 20.6. The molecular formula is C31H24N4O3. The average molecular weight is 501 g/mol. The van der Waals surface area contributed by atoms with Gasteiger partial charge in [0.25, 0.3) is 5.54 Å². The summed E-state index contributed by atoms with van der Waals surface area (Å²) in [5, 5.41) is 18.0. The normalized spacial score (nSPS) is 23.0. The molecule has 186 valence electrons. The molecule has 3 aliphatic rings. The molecule has 7 heteroatoms. The van der Waals surface area contributed by atoms with Gasteiger partial charge in [0, 0.05) is 34.0 Å². The summed E-state index contributed by atoms with van der Waals surface area (Å²) in [6, 6.07) is 29.1. The van der Waals surface area contributed by atoms with Crippen LogP contribution in [0, 0.1) is 15.5 Å². The van der Waals surface area contributed by atoms with Crippen molar-refractivity contribution in [2.24, 2.45) is 5.41 Å². The van der Waals surface area contributed by atoms with Crippen LogP contribution in [-0.2, 0) is 10.3 Å². The number of nitrogens with zero attached hydrogens (tertiary/aromatic N) is 2. The number of hydrogen-bond donors (Lipinski definition) is 2. The number of aromatic nitrogens is 2. The lowest BCUT2D eigenvalue weighted by Crippen LogP contribution is -2.57. The van der Waals surface area contributed by atoms with E-state index >= 15 is 0 Å². The summed E-state index contributed by atoms with van der Waals surface area (Å²) in [5.41, 5.74) is 2.22. The van der Waals surface area contributed by atoms with Crippen LogP contribution in [0.2, 0.25) is 0 Å². The van der Waals surface area contributed by atoms with E-state index in [1.807, 2.05) is 79.7 Å². The topological polar surface area (TPSA) is 101 Å². The summed E-state index contributed by atoms with van der Waals surface area (Å²) >= 11 is 0.